The van der Waals surface area contributed by atoms with Crippen molar-refractivity contribution in [3.8, 4) is 11.3 Å². The van der Waals surface area contributed by atoms with Gasteiger partial charge in [0.1, 0.15) is 0 Å². The van der Waals surface area contributed by atoms with Crippen molar-refractivity contribution in [1.82, 2.24) is 4.98 Å². The van der Waals surface area contributed by atoms with E-state index in [1.54, 1.807) is 0 Å². The van der Waals surface area contributed by atoms with E-state index in [1.807, 2.05) is 6.07 Å². The molecule has 1 aromatic heterocycles. The SMILES string of the molecule is c1ccc(-c2cc(NC3CCCC3)c3ccccc3n2)cc1. The fourth-order valence-corrected chi connectivity index (χ4v) is 3.34. The second-order valence-corrected chi connectivity index (χ2v) is 6.06. The lowest BCUT2D eigenvalue weighted by molar-refractivity contribution is 0.756. The molecule has 2 aromatic carbocycles. The molecule has 2 nitrogen and oxygen atoms in total. The first kappa shape index (κ1) is 13.3. The Hall–Kier alpha value is -2.35. The van der Waals surface area contributed by atoms with Crippen molar-refractivity contribution in [3.05, 3.63) is 60.7 Å². The topological polar surface area (TPSA) is 24.9 Å². The molecule has 1 heterocycles. The van der Waals surface area contributed by atoms with Crippen LogP contribution in [0.5, 0.6) is 0 Å². The Morgan fingerprint density at radius 1 is 0.864 bits per heavy atom. The Bertz CT molecular complexity index is 774. The average molecular weight is 288 g/mol. The highest BCUT2D eigenvalue weighted by atomic mass is 14.9. The van der Waals surface area contributed by atoms with Gasteiger partial charge in [0.05, 0.1) is 11.2 Å². The van der Waals surface area contributed by atoms with Gasteiger partial charge < -0.3 is 5.32 Å². The number of fused-ring (bicyclic) bond motifs is 1. The maximum absolute atomic E-state index is 4.84. The number of rotatable bonds is 3. The van der Waals surface area contributed by atoms with Crippen molar-refractivity contribution in [3.63, 3.8) is 0 Å². The summed E-state index contributed by atoms with van der Waals surface area (Å²) in [7, 11) is 0. The molecule has 2 heteroatoms. The van der Waals surface area contributed by atoms with E-state index in [2.05, 4.69) is 59.9 Å². The highest BCUT2D eigenvalue weighted by Crippen LogP contribution is 2.31. The largest absolute Gasteiger partial charge is 0.382 e. The molecule has 1 aliphatic carbocycles. The molecule has 0 amide bonds. The summed E-state index contributed by atoms with van der Waals surface area (Å²) in [5, 5.41) is 4.97. The smallest absolute Gasteiger partial charge is 0.0730 e. The van der Waals surface area contributed by atoms with Crippen LogP contribution in [0.4, 0.5) is 5.69 Å². The van der Waals surface area contributed by atoms with Gasteiger partial charge in [0.2, 0.25) is 0 Å². The zero-order valence-electron chi connectivity index (χ0n) is 12.6. The Morgan fingerprint density at radius 3 is 2.41 bits per heavy atom. The molecule has 1 aliphatic rings. The van der Waals surface area contributed by atoms with Crippen LogP contribution >= 0.6 is 0 Å². The number of nitrogens with zero attached hydrogens (tertiary/aromatic N) is 1. The van der Waals surface area contributed by atoms with Crippen LogP contribution in [0, 0.1) is 0 Å². The Balaban J connectivity index is 1.82. The lowest BCUT2D eigenvalue weighted by Crippen LogP contribution is -2.14. The van der Waals surface area contributed by atoms with Crippen LogP contribution in [0.15, 0.2) is 60.7 Å². The summed E-state index contributed by atoms with van der Waals surface area (Å²) in [6.45, 7) is 0. The van der Waals surface area contributed by atoms with E-state index in [0.29, 0.717) is 6.04 Å². The van der Waals surface area contributed by atoms with Gasteiger partial charge in [-0.3, -0.25) is 0 Å². The zero-order chi connectivity index (χ0) is 14.8. The number of aromatic nitrogens is 1. The lowest BCUT2D eigenvalue weighted by Gasteiger charge is -2.17. The van der Waals surface area contributed by atoms with Gasteiger partial charge in [-0.05, 0) is 25.0 Å². The number of hydrogen-bond donors (Lipinski definition) is 1. The van der Waals surface area contributed by atoms with Crippen molar-refractivity contribution in [1.29, 1.82) is 0 Å². The summed E-state index contributed by atoms with van der Waals surface area (Å²) in [6.07, 6.45) is 5.23. The molecule has 0 unspecified atom stereocenters. The average Bonchev–Trinajstić information content (AvgIpc) is 3.09. The highest BCUT2D eigenvalue weighted by Gasteiger charge is 2.16. The summed E-state index contributed by atoms with van der Waals surface area (Å²) in [6, 6.07) is 21.6. The van der Waals surface area contributed by atoms with Crippen LogP contribution in [0.2, 0.25) is 0 Å². The van der Waals surface area contributed by atoms with Gasteiger partial charge in [-0.25, -0.2) is 4.98 Å². The van der Waals surface area contributed by atoms with E-state index in [9.17, 15) is 0 Å². The molecule has 0 aliphatic heterocycles. The van der Waals surface area contributed by atoms with Crippen LogP contribution in [0.25, 0.3) is 22.2 Å². The van der Waals surface area contributed by atoms with Gasteiger partial charge in [-0.1, -0.05) is 61.4 Å². The second kappa shape index (κ2) is 5.80. The van der Waals surface area contributed by atoms with Crippen LogP contribution in [0.3, 0.4) is 0 Å². The second-order valence-electron chi connectivity index (χ2n) is 6.06. The monoisotopic (exact) mass is 288 g/mol. The van der Waals surface area contributed by atoms with Gasteiger partial charge >= 0.3 is 0 Å². The fourth-order valence-electron chi connectivity index (χ4n) is 3.34. The van der Waals surface area contributed by atoms with E-state index in [0.717, 1.165) is 11.2 Å². The first-order valence-corrected chi connectivity index (χ1v) is 8.12. The zero-order valence-corrected chi connectivity index (χ0v) is 12.6. The number of benzene rings is 2. The van der Waals surface area contributed by atoms with Crippen LogP contribution < -0.4 is 5.32 Å². The maximum atomic E-state index is 4.84. The van der Waals surface area contributed by atoms with E-state index in [1.165, 1.54) is 42.3 Å². The number of para-hydroxylation sites is 1. The summed E-state index contributed by atoms with van der Waals surface area (Å²) in [5.74, 6) is 0. The fraction of sp³-hybridized carbons (Fsp3) is 0.250. The molecule has 0 saturated heterocycles. The van der Waals surface area contributed by atoms with Crippen molar-refractivity contribution < 1.29 is 0 Å². The summed E-state index contributed by atoms with van der Waals surface area (Å²) in [5.41, 5.74) is 4.49. The molecule has 110 valence electrons. The predicted molar refractivity (Wildman–Crippen MR) is 93.1 cm³/mol. The lowest BCUT2D eigenvalue weighted by atomic mass is 10.1. The van der Waals surface area contributed by atoms with Gasteiger partial charge in [-0.15, -0.1) is 0 Å². The first-order valence-electron chi connectivity index (χ1n) is 8.12. The Kier molecular flexibility index (Phi) is 3.51. The summed E-state index contributed by atoms with van der Waals surface area (Å²) >= 11 is 0. The molecule has 0 bridgehead atoms. The van der Waals surface area contributed by atoms with E-state index in [4.69, 9.17) is 4.98 Å². The standard InChI is InChI=1S/C20H20N2/c1-2-8-15(9-3-1)19-14-20(21-16-10-4-5-11-16)17-12-6-7-13-18(17)22-19/h1-3,6-9,12-14,16H,4-5,10-11H2,(H,21,22). The van der Waals surface area contributed by atoms with Gasteiger partial charge in [0, 0.05) is 22.7 Å². The number of pyridine rings is 1. The summed E-state index contributed by atoms with van der Waals surface area (Å²) < 4.78 is 0. The minimum Gasteiger partial charge on any atom is -0.382 e. The molecule has 0 spiro atoms. The van der Waals surface area contributed by atoms with Crippen LogP contribution in [-0.4, -0.2) is 11.0 Å². The van der Waals surface area contributed by atoms with Crippen molar-refractivity contribution in [2.75, 3.05) is 5.32 Å². The molecule has 4 rings (SSSR count). The number of hydrogen-bond acceptors (Lipinski definition) is 2. The van der Waals surface area contributed by atoms with Crippen molar-refractivity contribution in [2.24, 2.45) is 0 Å². The van der Waals surface area contributed by atoms with Gasteiger partial charge in [0.15, 0.2) is 0 Å². The number of anilines is 1. The Labute approximate surface area is 131 Å². The third-order valence-electron chi connectivity index (χ3n) is 4.50. The van der Waals surface area contributed by atoms with E-state index >= 15 is 0 Å². The van der Waals surface area contributed by atoms with Gasteiger partial charge in [0.25, 0.3) is 0 Å². The van der Waals surface area contributed by atoms with Crippen molar-refractivity contribution >= 4 is 16.6 Å². The molecule has 0 atom stereocenters. The highest BCUT2D eigenvalue weighted by molar-refractivity contribution is 5.93. The number of nitrogens with one attached hydrogen (secondary N) is 1. The summed E-state index contributed by atoms with van der Waals surface area (Å²) in [4.78, 5) is 4.84. The molecule has 1 saturated carbocycles. The predicted octanol–water partition coefficient (Wildman–Crippen LogP) is 5.26. The molecule has 22 heavy (non-hydrogen) atoms. The minimum absolute atomic E-state index is 0.606. The first-order chi connectivity index (χ1) is 10.9. The third kappa shape index (κ3) is 2.57. The van der Waals surface area contributed by atoms with E-state index < -0.39 is 0 Å². The molecular weight excluding hydrogens is 268 g/mol. The third-order valence-corrected chi connectivity index (χ3v) is 4.50. The maximum Gasteiger partial charge on any atom is 0.0730 e. The van der Waals surface area contributed by atoms with Crippen LogP contribution in [-0.2, 0) is 0 Å². The quantitative estimate of drug-likeness (QED) is 0.711. The molecule has 1 N–H and O–H groups in total. The molecular formula is C20H20N2. The normalized spacial score (nSPS) is 15.3. The molecule has 1 fully saturated rings. The van der Waals surface area contributed by atoms with Gasteiger partial charge in [-0.2, -0.15) is 0 Å². The van der Waals surface area contributed by atoms with E-state index in [-0.39, 0.29) is 0 Å². The van der Waals surface area contributed by atoms with Crippen molar-refractivity contribution in [2.45, 2.75) is 31.7 Å². The minimum atomic E-state index is 0.606. The Morgan fingerprint density at radius 2 is 1.59 bits per heavy atom. The van der Waals surface area contributed by atoms with Crippen LogP contribution in [0.1, 0.15) is 25.7 Å². The molecule has 3 aromatic rings. The molecule has 0 radical (unpaired) electrons.